The lowest BCUT2D eigenvalue weighted by Crippen LogP contribution is -2.43. The first-order valence-electron chi connectivity index (χ1n) is 8.80. The number of benzene rings is 1. The molecule has 0 spiro atoms. The normalized spacial score (nSPS) is 21.9. The number of nitrogens with zero attached hydrogens (tertiary/aromatic N) is 1. The summed E-state index contributed by atoms with van der Waals surface area (Å²) in [5.74, 6) is -0.275. The highest BCUT2D eigenvalue weighted by atomic mass is 16.5. The second-order valence-electron chi connectivity index (χ2n) is 6.87. The van der Waals surface area contributed by atoms with Crippen LogP contribution in [0.2, 0.25) is 0 Å². The second-order valence-corrected chi connectivity index (χ2v) is 6.87. The van der Waals surface area contributed by atoms with Crippen LogP contribution < -0.4 is 10.1 Å². The minimum absolute atomic E-state index is 0.107. The summed E-state index contributed by atoms with van der Waals surface area (Å²) in [6, 6.07) is 8.76. The van der Waals surface area contributed by atoms with E-state index in [1.165, 1.54) is 6.20 Å². The van der Waals surface area contributed by atoms with E-state index in [1.54, 1.807) is 18.3 Å². The van der Waals surface area contributed by atoms with Crippen molar-refractivity contribution in [3.8, 4) is 5.75 Å². The number of hydrogen-bond donors (Lipinski definition) is 2. The van der Waals surface area contributed by atoms with E-state index in [4.69, 9.17) is 4.74 Å². The molecule has 26 heavy (non-hydrogen) atoms. The van der Waals surface area contributed by atoms with Gasteiger partial charge in [0, 0.05) is 24.4 Å². The maximum atomic E-state index is 12.5. The largest absolute Gasteiger partial charge is 0.493 e. The van der Waals surface area contributed by atoms with E-state index >= 15 is 0 Å². The van der Waals surface area contributed by atoms with Crippen molar-refractivity contribution in [2.45, 2.75) is 31.4 Å². The number of fused-ring (bicyclic) bond motifs is 1. The molecular weight excluding hydrogens is 332 g/mol. The van der Waals surface area contributed by atoms with Gasteiger partial charge in [0.2, 0.25) is 0 Å². The summed E-state index contributed by atoms with van der Waals surface area (Å²) in [4.78, 5) is 28.8. The molecule has 2 aliphatic rings. The predicted octanol–water partition coefficient (Wildman–Crippen LogP) is 1.83. The molecule has 1 unspecified atom stereocenters. The van der Waals surface area contributed by atoms with Crippen molar-refractivity contribution >= 4 is 11.7 Å². The third-order valence-electron chi connectivity index (χ3n) is 5.11. The van der Waals surface area contributed by atoms with E-state index < -0.39 is 11.7 Å². The fourth-order valence-corrected chi connectivity index (χ4v) is 3.61. The number of pyridine rings is 1. The van der Waals surface area contributed by atoms with Crippen LogP contribution >= 0.6 is 0 Å². The highest BCUT2D eigenvalue weighted by Crippen LogP contribution is 2.39. The van der Waals surface area contributed by atoms with Gasteiger partial charge in [0.1, 0.15) is 5.75 Å². The quantitative estimate of drug-likeness (QED) is 0.633. The monoisotopic (exact) mass is 352 g/mol. The Morgan fingerprint density at radius 3 is 2.85 bits per heavy atom. The molecule has 0 bridgehead atoms. The fraction of sp³-hybridized carbons (Fsp3) is 0.350. The van der Waals surface area contributed by atoms with Crippen molar-refractivity contribution in [1.29, 1.82) is 0 Å². The van der Waals surface area contributed by atoms with Gasteiger partial charge in [0.25, 0.3) is 11.7 Å². The Bertz CT molecular complexity index is 831. The molecule has 134 valence electrons. The van der Waals surface area contributed by atoms with Crippen molar-refractivity contribution in [3.63, 3.8) is 0 Å². The Labute approximate surface area is 151 Å². The smallest absolute Gasteiger partial charge is 0.292 e. The first kappa shape index (κ1) is 16.7. The molecule has 0 radical (unpaired) electrons. The number of amides is 1. The third kappa shape index (κ3) is 3.20. The van der Waals surface area contributed by atoms with E-state index in [-0.39, 0.29) is 23.6 Å². The van der Waals surface area contributed by atoms with Crippen LogP contribution in [0, 0.1) is 5.92 Å². The molecule has 0 saturated heterocycles. The molecule has 6 nitrogen and oxygen atoms in total. The van der Waals surface area contributed by atoms with E-state index in [2.05, 4.69) is 10.3 Å². The zero-order valence-corrected chi connectivity index (χ0v) is 14.2. The minimum atomic E-state index is -0.652. The summed E-state index contributed by atoms with van der Waals surface area (Å²) in [5.41, 5.74) is 2.32. The van der Waals surface area contributed by atoms with E-state index in [9.17, 15) is 14.7 Å². The van der Waals surface area contributed by atoms with Crippen LogP contribution in [0.15, 0.2) is 42.7 Å². The zero-order chi connectivity index (χ0) is 18.1. The van der Waals surface area contributed by atoms with Gasteiger partial charge in [-0.25, -0.2) is 0 Å². The van der Waals surface area contributed by atoms with Gasteiger partial charge in [0.05, 0.1) is 18.8 Å². The van der Waals surface area contributed by atoms with Crippen molar-refractivity contribution in [2.24, 2.45) is 5.92 Å². The predicted molar refractivity (Wildman–Crippen MR) is 93.8 cm³/mol. The number of Topliss-reactive ketones (excluding diaryl/α,β-unsaturated/α-hetero) is 1. The average Bonchev–Trinajstić information content (AvgIpc) is 3.11. The van der Waals surface area contributed by atoms with Gasteiger partial charge >= 0.3 is 0 Å². The molecule has 2 heterocycles. The summed E-state index contributed by atoms with van der Waals surface area (Å²) in [6.07, 6.45) is 4.66. The summed E-state index contributed by atoms with van der Waals surface area (Å²) >= 11 is 0. The van der Waals surface area contributed by atoms with Gasteiger partial charge in [-0.1, -0.05) is 6.07 Å². The van der Waals surface area contributed by atoms with Gasteiger partial charge in [0.15, 0.2) is 0 Å². The van der Waals surface area contributed by atoms with Gasteiger partial charge in [-0.05, 0) is 54.2 Å². The first-order valence-corrected chi connectivity index (χ1v) is 8.80. The minimum Gasteiger partial charge on any atom is -0.493 e. The molecule has 1 atom stereocenters. The molecule has 1 aromatic carbocycles. The van der Waals surface area contributed by atoms with Crippen molar-refractivity contribution in [1.82, 2.24) is 10.3 Å². The maximum absolute atomic E-state index is 12.5. The van der Waals surface area contributed by atoms with Crippen LogP contribution in [0.25, 0.3) is 0 Å². The summed E-state index contributed by atoms with van der Waals surface area (Å²) in [5, 5.41) is 12.6. The Hall–Kier alpha value is -2.73. The second kappa shape index (κ2) is 6.88. The Balaban J connectivity index is 1.56. The van der Waals surface area contributed by atoms with Crippen LogP contribution in [0.5, 0.6) is 5.75 Å². The number of carbonyl (C=O) groups excluding carboxylic acids is 2. The number of carbonyl (C=O) groups is 2. The molecule has 1 amide bonds. The van der Waals surface area contributed by atoms with Crippen LogP contribution in [0.3, 0.4) is 0 Å². The molecule has 2 N–H and O–H groups in total. The molecule has 1 aromatic heterocycles. The van der Waals surface area contributed by atoms with Gasteiger partial charge < -0.3 is 15.2 Å². The van der Waals surface area contributed by atoms with Crippen LogP contribution in [-0.2, 0) is 11.2 Å². The van der Waals surface area contributed by atoms with E-state index in [1.807, 2.05) is 18.2 Å². The van der Waals surface area contributed by atoms with Gasteiger partial charge in [-0.2, -0.15) is 0 Å². The van der Waals surface area contributed by atoms with Gasteiger partial charge in [-0.15, -0.1) is 0 Å². The number of hydrogen-bond acceptors (Lipinski definition) is 5. The lowest BCUT2D eigenvalue weighted by molar-refractivity contribution is -0.118. The Morgan fingerprint density at radius 2 is 2.12 bits per heavy atom. The molecule has 4 rings (SSSR count). The van der Waals surface area contributed by atoms with Crippen molar-refractivity contribution in [3.05, 3.63) is 59.4 Å². The number of ketones is 1. The number of rotatable bonds is 5. The fourth-order valence-electron chi connectivity index (χ4n) is 3.61. The summed E-state index contributed by atoms with van der Waals surface area (Å²) < 4.78 is 5.54. The van der Waals surface area contributed by atoms with E-state index in [0.717, 1.165) is 23.3 Å². The van der Waals surface area contributed by atoms with Crippen molar-refractivity contribution < 1.29 is 19.4 Å². The zero-order valence-electron chi connectivity index (χ0n) is 14.2. The Kier molecular flexibility index (Phi) is 4.42. The van der Waals surface area contributed by atoms with Crippen LogP contribution in [0.1, 0.15) is 40.4 Å². The Morgan fingerprint density at radius 1 is 1.27 bits per heavy atom. The number of aliphatic hydroxyl groups excluding tert-OH is 1. The third-order valence-corrected chi connectivity index (χ3v) is 5.11. The number of ether oxygens (including phenoxy) is 1. The number of nitrogens with one attached hydrogen (secondary N) is 1. The summed E-state index contributed by atoms with van der Waals surface area (Å²) in [7, 11) is 0. The standard InChI is InChI=1S/C20H20N2O4/c23-16-9-15(10-16)18(13-3-4-17-12(8-13)5-7-26-17)22-20(25)19(24)14-2-1-6-21-11-14/h1-4,6,8,11,15-16,18,23H,5,7,9-10H2,(H,22,25). The van der Waals surface area contributed by atoms with E-state index in [0.29, 0.717) is 19.4 Å². The van der Waals surface area contributed by atoms with Crippen LogP contribution in [0.4, 0.5) is 0 Å². The molecule has 1 saturated carbocycles. The molecule has 1 aliphatic carbocycles. The number of aromatic nitrogens is 1. The maximum Gasteiger partial charge on any atom is 0.292 e. The summed E-state index contributed by atoms with van der Waals surface area (Å²) in [6.45, 7) is 0.664. The topological polar surface area (TPSA) is 88.5 Å². The average molecular weight is 352 g/mol. The molecule has 2 aromatic rings. The highest BCUT2D eigenvalue weighted by molar-refractivity contribution is 6.42. The SMILES string of the molecule is O=C(NC(c1ccc2c(c1)CCO2)C1CC(O)C1)C(=O)c1cccnc1. The van der Waals surface area contributed by atoms with Crippen molar-refractivity contribution in [2.75, 3.05) is 6.61 Å². The van der Waals surface area contributed by atoms with Gasteiger partial charge in [-0.3, -0.25) is 14.6 Å². The van der Waals surface area contributed by atoms with Crippen LogP contribution in [-0.4, -0.2) is 34.5 Å². The molecular formula is C20H20N2O4. The lowest BCUT2D eigenvalue weighted by atomic mass is 9.74. The molecule has 6 heteroatoms. The lowest BCUT2D eigenvalue weighted by Gasteiger charge is -2.38. The molecule has 1 fully saturated rings. The molecule has 1 aliphatic heterocycles. The first-order chi connectivity index (χ1) is 12.6. The highest BCUT2D eigenvalue weighted by Gasteiger charge is 2.37. The number of aliphatic hydroxyl groups is 1.